The summed E-state index contributed by atoms with van der Waals surface area (Å²) in [5.41, 5.74) is 5.71. The molecule has 0 aliphatic rings. The lowest BCUT2D eigenvalue weighted by atomic mass is 9.92. The maximum Gasteiger partial charge on any atom is 0.229 e. The first-order chi connectivity index (χ1) is 6.78. The van der Waals surface area contributed by atoms with E-state index in [-0.39, 0.29) is 22.2 Å². The molecule has 0 saturated heterocycles. The van der Waals surface area contributed by atoms with Gasteiger partial charge in [0, 0.05) is 6.54 Å². The van der Waals surface area contributed by atoms with Crippen LogP contribution in [-0.4, -0.2) is 17.4 Å². The molecule has 1 unspecified atom stereocenters. The van der Waals surface area contributed by atoms with E-state index in [1.165, 1.54) is 0 Å². The third-order valence-electron chi connectivity index (χ3n) is 2.24. The Kier molecular flexibility index (Phi) is 5.80. The Labute approximate surface area is 97.8 Å². The lowest BCUT2D eigenvalue weighted by Gasteiger charge is -2.19. The highest BCUT2D eigenvalue weighted by Gasteiger charge is 2.19. The van der Waals surface area contributed by atoms with Gasteiger partial charge in [-0.05, 0) is 18.3 Å². The van der Waals surface area contributed by atoms with E-state index in [1.807, 2.05) is 6.92 Å². The molecule has 0 spiro atoms. The molecule has 4 heteroatoms. The van der Waals surface area contributed by atoms with Gasteiger partial charge in [-0.3, -0.25) is 4.79 Å². The molecule has 0 radical (unpaired) electrons. The minimum absolute atomic E-state index is 0.0470. The predicted molar refractivity (Wildman–Crippen MR) is 67.6 cm³/mol. The van der Waals surface area contributed by atoms with E-state index in [1.54, 1.807) is 0 Å². The molecule has 3 N–H and O–H groups in total. The fourth-order valence-electron chi connectivity index (χ4n) is 1.20. The van der Waals surface area contributed by atoms with E-state index in [9.17, 15) is 4.79 Å². The summed E-state index contributed by atoms with van der Waals surface area (Å²) < 4.78 is 0. The molecule has 0 heterocycles. The van der Waals surface area contributed by atoms with Crippen molar-refractivity contribution in [2.45, 2.75) is 40.5 Å². The SMILES string of the molecule is CCC(C(=O)NCCC(C)(C)C)C(N)=S. The summed E-state index contributed by atoms with van der Waals surface area (Å²) in [6.07, 6.45) is 1.61. The van der Waals surface area contributed by atoms with Crippen LogP contribution < -0.4 is 11.1 Å². The van der Waals surface area contributed by atoms with E-state index in [0.29, 0.717) is 13.0 Å². The molecular weight excluding hydrogens is 208 g/mol. The van der Waals surface area contributed by atoms with Crippen LogP contribution in [0.2, 0.25) is 0 Å². The number of rotatable bonds is 5. The summed E-state index contributed by atoms with van der Waals surface area (Å²) in [7, 11) is 0. The van der Waals surface area contributed by atoms with Crippen molar-refractivity contribution in [3.05, 3.63) is 0 Å². The van der Waals surface area contributed by atoms with Gasteiger partial charge in [-0.2, -0.15) is 0 Å². The molecule has 1 atom stereocenters. The van der Waals surface area contributed by atoms with Gasteiger partial charge in [0.1, 0.15) is 0 Å². The molecule has 0 aromatic rings. The van der Waals surface area contributed by atoms with Gasteiger partial charge in [0.25, 0.3) is 0 Å². The van der Waals surface area contributed by atoms with Crippen LogP contribution in [0.5, 0.6) is 0 Å². The number of hydrogen-bond acceptors (Lipinski definition) is 2. The van der Waals surface area contributed by atoms with Crippen molar-refractivity contribution in [1.29, 1.82) is 0 Å². The smallest absolute Gasteiger partial charge is 0.229 e. The average Bonchev–Trinajstić information content (AvgIpc) is 2.01. The summed E-state index contributed by atoms with van der Waals surface area (Å²) >= 11 is 4.83. The number of hydrogen-bond donors (Lipinski definition) is 2. The van der Waals surface area contributed by atoms with E-state index in [2.05, 4.69) is 26.1 Å². The molecule has 0 fully saturated rings. The van der Waals surface area contributed by atoms with E-state index in [0.717, 1.165) is 6.42 Å². The number of amides is 1. The van der Waals surface area contributed by atoms with Crippen LogP contribution in [-0.2, 0) is 4.79 Å². The van der Waals surface area contributed by atoms with Gasteiger partial charge in [-0.25, -0.2) is 0 Å². The van der Waals surface area contributed by atoms with E-state index >= 15 is 0 Å². The standard InChI is InChI=1S/C11H22N2OS/c1-5-8(9(12)15)10(14)13-7-6-11(2,3)4/h8H,5-7H2,1-4H3,(H2,12,15)(H,13,14). The fourth-order valence-corrected chi connectivity index (χ4v) is 1.47. The summed E-state index contributed by atoms with van der Waals surface area (Å²) in [6, 6.07) is 0. The summed E-state index contributed by atoms with van der Waals surface area (Å²) in [5.74, 6) is -0.366. The lowest BCUT2D eigenvalue weighted by Crippen LogP contribution is -2.38. The monoisotopic (exact) mass is 230 g/mol. The minimum atomic E-state index is -0.319. The second-order valence-electron chi connectivity index (χ2n) is 4.96. The number of nitrogens with one attached hydrogen (secondary N) is 1. The Bertz CT molecular complexity index is 233. The Morgan fingerprint density at radius 1 is 1.47 bits per heavy atom. The lowest BCUT2D eigenvalue weighted by molar-refractivity contribution is -0.123. The molecule has 3 nitrogen and oxygen atoms in total. The Hall–Kier alpha value is -0.640. The predicted octanol–water partition coefficient (Wildman–Crippen LogP) is 1.85. The molecule has 15 heavy (non-hydrogen) atoms. The van der Waals surface area contributed by atoms with E-state index < -0.39 is 0 Å². The van der Waals surface area contributed by atoms with Crippen LogP contribution in [0.1, 0.15) is 40.5 Å². The van der Waals surface area contributed by atoms with Gasteiger partial charge in [-0.1, -0.05) is 39.9 Å². The number of nitrogens with two attached hydrogens (primary N) is 1. The number of thiocarbonyl (C=S) groups is 1. The summed E-state index contributed by atoms with van der Waals surface area (Å²) in [4.78, 5) is 11.9. The topological polar surface area (TPSA) is 55.1 Å². The molecule has 0 saturated carbocycles. The molecule has 88 valence electrons. The first kappa shape index (κ1) is 14.4. The van der Waals surface area contributed by atoms with Gasteiger partial charge < -0.3 is 11.1 Å². The van der Waals surface area contributed by atoms with Gasteiger partial charge in [-0.15, -0.1) is 0 Å². The highest BCUT2D eigenvalue weighted by molar-refractivity contribution is 7.80. The summed E-state index contributed by atoms with van der Waals surface area (Å²) in [6.45, 7) is 9.02. The second-order valence-corrected chi connectivity index (χ2v) is 5.44. The molecule has 0 rings (SSSR count). The fraction of sp³-hybridized carbons (Fsp3) is 0.818. The van der Waals surface area contributed by atoms with Crippen molar-refractivity contribution in [3.8, 4) is 0 Å². The van der Waals surface area contributed by atoms with E-state index in [4.69, 9.17) is 18.0 Å². The largest absolute Gasteiger partial charge is 0.393 e. The molecule has 0 aromatic carbocycles. The molecule has 0 aliphatic heterocycles. The average molecular weight is 230 g/mol. The third kappa shape index (κ3) is 6.44. The summed E-state index contributed by atoms with van der Waals surface area (Å²) in [5, 5.41) is 2.87. The van der Waals surface area contributed by atoms with Crippen LogP contribution in [0.15, 0.2) is 0 Å². The van der Waals surface area contributed by atoms with Crippen LogP contribution in [0, 0.1) is 11.3 Å². The van der Waals surface area contributed by atoms with Crippen LogP contribution in [0.4, 0.5) is 0 Å². The molecule has 0 aliphatic carbocycles. The first-order valence-electron chi connectivity index (χ1n) is 5.35. The zero-order valence-electron chi connectivity index (χ0n) is 10.1. The zero-order chi connectivity index (χ0) is 12.1. The normalized spacial score (nSPS) is 13.3. The number of carbonyl (C=O) groups is 1. The Morgan fingerprint density at radius 3 is 2.33 bits per heavy atom. The minimum Gasteiger partial charge on any atom is -0.393 e. The van der Waals surface area contributed by atoms with Crippen molar-refractivity contribution < 1.29 is 4.79 Å². The number of carbonyl (C=O) groups excluding carboxylic acids is 1. The van der Waals surface area contributed by atoms with Crippen LogP contribution in [0.25, 0.3) is 0 Å². The molecule has 0 aromatic heterocycles. The Morgan fingerprint density at radius 2 is 2.00 bits per heavy atom. The second kappa shape index (κ2) is 6.05. The van der Waals surface area contributed by atoms with Gasteiger partial charge in [0.2, 0.25) is 5.91 Å². The molecular formula is C11H22N2OS. The van der Waals surface area contributed by atoms with Crippen molar-refractivity contribution in [2.75, 3.05) is 6.54 Å². The van der Waals surface area contributed by atoms with Crippen molar-refractivity contribution in [3.63, 3.8) is 0 Å². The third-order valence-corrected chi connectivity index (χ3v) is 2.53. The maximum absolute atomic E-state index is 11.6. The van der Waals surface area contributed by atoms with Gasteiger partial charge >= 0.3 is 0 Å². The highest BCUT2D eigenvalue weighted by atomic mass is 32.1. The van der Waals surface area contributed by atoms with Crippen LogP contribution in [0.3, 0.4) is 0 Å². The van der Waals surface area contributed by atoms with Gasteiger partial charge in [0.05, 0.1) is 10.9 Å². The zero-order valence-corrected chi connectivity index (χ0v) is 10.9. The Balaban J connectivity index is 3.98. The molecule has 0 bridgehead atoms. The quantitative estimate of drug-likeness (QED) is 0.709. The molecule has 1 amide bonds. The van der Waals surface area contributed by atoms with Gasteiger partial charge in [0.15, 0.2) is 0 Å². The van der Waals surface area contributed by atoms with Crippen molar-refractivity contribution in [1.82, 2.24) is 5.32 Å². The highest BCUT2D eigenvalue weighted by Crippen LogP contribution is 2.17. The maximum atomic E-state index is 11.6. The van der Waals surface area contributed by atoms with Crippen LogP contribution >= 0.6 is 12.2 Å². The van der Waals surface area contributed by atoms with Crippen molar-refractivity contribution in [2.24, 2.45) is 17.1 Å². The first-order valence-corrected chi connectivity index (χ1v) is 5.75. The van der Waals surface area contributed by atoms with Crippen molar-refractivity contribution >= 4 is 23.1 Å².